The van der Waals surface area contributed by atoms with Crippen LogP contribution < -0.4 is 5.73 Å². The molecule has 3 nitrogen and oxygen atoms in total. The van der Waals surface area contributed by atoms with Crippen LogP contribution in [0.4, 0.5) is 5.82 Å². The van der Waals surface area contributed by atoms with Crippen LogP contribution in [0.25, 0.3) is 17.0 Å². The molecule has 3 N–H and O–H groups in total. The number of hydrogen-bond acceptors (Lipinski definition) is 2. The van der Waals surface area contributed by atoms with Crippen molar-refractivity contribution in [1.29, 1.82) is 0 Å². The molecule has 78 valence electrons. The lowest BCUT2D eigenvalue weighted by atomic mass is 10.1. The molecule has 0 atom stereocenters. The van der Waals surface area contributed by atoms with Crippen molar-refractivity contribution < 1.29 is 0 Å². The van der Waals surface area contributed by atoms with E-state index in [4.69, 9.17) is 5.73 Å². The molecule has 0 fully saturated rings. The van der Waals surface area contributed by atoms with Gasteiger partial charge in [0, 0.05) is 5.39 Å². The molecule has 0 bridgehead atoms. The quantitative estimate of drug-likeness (QED) is 0.802. The second-order valence-electron chi connectivity index (χ2n) is 3.60. The van der Waals surface area contributed by atoms with Crippen LogP contribution in [0.2, 0.25) is 0 Å². The van der Waals surface area contributed by atoms with Crippen molar-refractivity contribution in [2.45, 2.75) is 19.8 Å². The third-order valence-corrected chi connectivity index (χ3v) is 2.38. The Labute approximate surface area is 89.0 Å². The van der Waals surface area contributed by atoms with E-state index in [0.29, 0.717) is 5.82 Å². The van der Waals surface area contributed by atoms with E-state index in [9.17, 15) is 0 Å². The SMILES string of the molecule is CCC/C=C/c1ccc2[nH]nc(N)c2c1. The zero-order valence-corrected chi connectivity index (χ0v) is 8.83. The molecule has 15 heavy (non-hydrogen) atoms. The average molecular weight is 201 g/mol. The molecule has 0 saturated carbocycles. The summed E-state index contributed by atoms with van der Waals surface area (Å²) in [5.41, 5.74) is 7.89. The fourth-order valence-electron chi connectivity index (χ4n) is 1.54. The van der Waals surface area contributed by atoms with Gasteiger partial charge in [-0.3, -0.25) is 5.10 Å². The third kappa shape index (κ3) is 2.01. The number of unbranched alkanes of at least 4 members (excludes halogenated alkanes) is 1. The van der Waals surface area contributed by atoms with Gasteiger partial charge in [0.25, 0.3) is 0 Å². The van der Waals surface area contributed by atoms with Gasteiger partial charge in [-0.2, -0.15) is 5.10 Å². The van der Waals surface area contributed by atoms with Crippen LogP contribution in [0, 0.1) is 0 Å². The average Bonchev–Trinajstić information content (AvgIpc) is 2.61. The largest absolute Gasteiger partial charge is 0.382 e. The van der Waals surface area contributed by atoms with Gasteiger partial charge in [-0.1, -0.05) is 31.6 Å². The summed E-state index contributed by atoms with van der Waals surface area (Å²) in [6.45, 7) is 2.17. The van der Waals surface area contributed by atoms with E-state index >= 15 is 0 Å². The van der Waals surface area contributed by atoms with Gasteiger partial charge in [0.2, 0.25) is 0 Å². The van der Waals surface area contributed by atoms with Crippen LogP contribution >= 0.6 is 0 Å². The van der Waals surface area contributed by atoms with E-state index in [1.807, 2.05) is 6.07 Å². The summed E-state index contributed by atoms with van der Waals surface area (Å²) in [4.78, 5) is 0. The Morgan fingerprint density at radius 3 is 3.13 bits per heavy atom. The zero-order chi connectivity index (χ0) is 10.7. The van der Waals surface area contributed by atoms with Crippen molar-refractivity contribution in [3.8, 4) is 0 Å². The summed E-state index contributed by atoms with van der Waals surface area (Å²) in [7, 11) is 0. The number of benzene rings is 1. The predicted octanol–water partition coefficient (Wildman–Crippen LogP) is 2.96. The number of allylic oxidation sites excluding steroid dienone is 1. The minimum Gasteiger partial charge on any atom is -0.382 e. The van der Waals surface area contributed by atoms with Gasteiger partial charge < -0.3 is 5.73 Å². The third-order valence-electron chi connectivity index (χ3n) is 2.38. The number of anilines is 1. The number of nitrogens with zero attached hydrogens (tertiary/aromatic N) is 1. The van der Waals surface area contributed by atoms with E-state index in [2.05, 4.69) is 41.4 Å². The molecule has 0 spiro atoms. The molecule has 1 heterocycles. The van der Waals surface area contributed by atoms with Crippen LogP contribution in [0.3, 0.4) is 0 Å². The van der Waals surface area contributed by atoms with E-state index in [-0.39, 0.29) is 0 Å². The number of rotatable bonds is 3. The maximum atomic E-state index is 5.73. The fraction of sp³-hybridized carbons (Fsp3) is 0.250. The summed E-state index contributed by atoms with van der Waals surface area (Å²) >= 11 is 0. The molecule has 0 saturated heterocycles. The minimum atomic E-state index is 0.566. The van der Waals surface area contributed by atoms with Gasteiger partial charge in [-0.05, 0) is 24.1 Å². The van der Waals surface area contributed by atoms with Crippen LogP contribution in [0.1, 0.15) is 25.3 Å². The normalized spacial score (nSPS) is 11.5. The molecule has 1 aromatic heterocycles. The van der Waals surface area contributed by atoms with Crippen molar-refractivity contribution in [2.75, 3.05) is 5.73 Å². The Hall–Kier alpha value is -1.77. The summed E-state index contributed by atoms with van der Waals surface area (Å²) in [6.07, 6.45) is 6.58. The van der Waals surface area contributed by atoms with Crippen molar-refractivity contribution in [1.82, 2.24) is 10.2 Å². The topological polar surface area (TPSA) is 54.7 Å². The van der Waals surface area contributed by atoms with E-state index in [1.165, 1.54) is 12.0 Å². The highest BCUT2D eigenvalue weighted by atomic mass is 15.1. The lowest BCUT2D eigenvalue weighted by Crippen LogP contribution is -1.83. The van der Waals surface area contributed by atoms with Gasteiger partial charge in [0.1, 0.15) is 0 Å². The molecule has 0 amide bonds. The van der Waals surface area contributed by atoms with Gasteiger partial charge in [-0.25, -0.2) is 0 Å². The Bertz CT molecular complexity index is 483. The number of aromatic amines is 1. The molecule has 0 aliphatic rings. The molecule has 0 unspecified atom stereocenters. The summed E-state index contributed by atoms with van der Waals surface area (Å²) in [5, 5.41) is 7.84. The fourth-order valence-corrected chi connectivity index (χ4v) is 1.54. The standard InChI is InChI=1S/C12H15N3/c1-2-3-4-5-9-6-7-11-10(8-9)12(13)15-14-11/h4-8H,2-3H2,1H3,(H3,13,14,15)/b5-4+. The maximum Gasteiger partial charge on any atom is 0.153 e. The van der Waals surface area contributed by atoms with Gasteiger partial charge in [0.15, 0.2) is 5.82 Å². The lowest BCUT2D eigenvalue weighted by molar-refractivity contribution is 0.962. The van der Waals surface area contributed by atoms with Crippen molar-refractivity contribution >= 4 is 22.8 Å². The molecule has 0 aliphatic heterocycles. The molecule has 3 heteroatoms. The number of hydrogen-bond donors (Lipinski definition) is 2. The number of fused-ring (bicyclic) bond motifs is 1. The number of H-pyrrole nitrogens is 1. The smallest absolute Gasteiger partial charge is 0.153 e. The number of nitrogen functional groups attached to an aromatic ring is 1. The Morgan fingerprint density at radius 2 is 2.33 bits per heavy atom. The second-order valence-corrected chi connectivity index (χ2v) is 3.60. The zero-order valence-electron chi connectivity index (χ0n) is 8.83. The first-order valence-corrected chi connectivity index (χ1v) is 5.21. The number of nitrogens with two attached hydrogens (primary N) is 1. The Morgan fingerprint density at radius 1 is 1.47 bits per heavy atom. The molecular weight excluding hydrogens is 186 g/mol. The van der Waals surface area contributed by atoms with Crippen molar-refractivity contribution in [3.63, 3.8) is 0 Å². The molecule has 1 aromatic carbocycles. The van der Waals surface area contributed by atoms with Crippen LogP contribution in [0.5, 0.6) is 0 Å². The van der Waals surface area contributed by atoms with Crippen molar-refractivity contribution in [3.05, 3.63) is 29.8 Å². The Kier molecular flexibility index (Phi) is 2.72. The summed E-state index contributed by atoms with van der Waals surface area (Å²) in [5.74, 6) is 0.566. The summed E-state index contributed by atoms with van der Waals surface area (Å²) in [6, 6.07) is 6.12. The first kappa shape index (κ1) is 9.77. The number of aromatic nitrogens is 2. The molecule has 0 aliphatic carbocycles. The molecule has 0 radical (unpaired) electrons. The lowest BCUT2D eigenvalue weighted by Gasteiger charge is -1.94. The highest BCUT2D eigenvalue weighted by Crippen LogP contribution is 2.19. The summed E-state index contributed by atoms with van der Waals surface area (Å²) < 4.78 is 0. The van der Waals surface area contributed by atoms with Gasteiger partial charge in [0.05, 0.1) is 5.52 Å². The van der Waals surface area contributed by atoms with Crippen LogP contribution in [-0.2, 0) is 0 Å². The molecule has 2 aromatic rings. The van der Waals surface area contributed by atoms with Crippen LogP contribution in [-0.4, -0.2) is 10.2 Å². The predicted molar refractivity (Wildman–Crippen MR) is 64.4 cm³/mol. The molecule has 2 rings (SSSR count). The van der Waals surface area contributed by atoms with E-state index in [1.54, 1.807) is 0 Å². The van der Waals surface area contributed by atoms with Gasteiger partial charge >= 0.3 is 0 Å². The van der Waals surface area contributed by atoms with Crippen LogP contribution in [0.15, 0.2) is 24.3 Å². The second kappa shape index (κ2) is 4.17. The minimum absolute atomic E-state index is 0.566. The van der Waals surface area contributed by atoms with E-state index < -0.39 is 0 Å². The maximum absolute atomic E-state index is 5.73. The first-order valence-electron chi connectivity index (χ1n) is 5.21. The number of nitrogens with one attached hydrogen (secondary N) is 1. The molecular formula is C12H15N3. The Balaban J connectivity index is 2.33. The van der Waals surface area contributed by atoms with Gasteiger partial charge in [-0.15, -0.1) is 0 Å². The first-order chi connectivity index (χ1) is 7.31. The van der Waals surface area contributed by atoms with Crippen molar-refractivity contribution in [2.24, 2.45) is 0 Å². The van der Waals surface area contributed by atoms with E-state index in [0.717, 1.165) is 17.3 Å². The highest BCUT2D eigenvalue weighted by molar-refractivity contribution is 5.90. The monoisotopic (exact) mass is 201 g/mol. The highest BCUT2D eigenvalue weighted by Gasteiger charge is 2.00.